The summed E-state index contributed by atoms with van der Waals surface area (Å²) >= 11 is 0. The highest BCUT2D eigenvalue weighted by atomic mass is 16.6. The Bertz CT molecular complexity index is 472. The number of carbonyl (C=O) groups is 1. The molecule has 98 valence electrons. The van der Waals surface area contributed by atoms with Crippen molar-refractivity contribution in [3.8, 4) is 0 Å². The molecule has 0 aromatic carbocycles. The number of likely N-dealkylation sites (N-methyl/N-ethyl adjacent to an activating group) is 1. The highest BCUT2D eigenvalue weighted by molar-refractivity contribution is 5.93. The van der Waals surface area contributed by atoms with Crippen LogP contribution in [0.25, 0.3) is 0 Å². The molecule has 1 aromatic heterocycles. The second-order valence-corrected chi connectivity index (χ2v) is 4.24. The van der Waals surface area contributed by atoms with Gasteiger partial charge in [0.2, 0.25) is 0 Å². The van der Waals surface area contributed by atoms with Crippen LogP contribution in [0.3, 0.4) is 0 Å². The van der Waals surface area contributed by atoms with Crippen molar-refractivity contribution in [1.82, 2.24) is 15.2 Å². The topological polar surface area (TPSA) is 112 Å². The third kappa shape index (κ3) is 2.20. The molecule has 2 rings (SSSR count). The molecule has 2 heterocycles. The van der Waals surface area contributed by atoms with Crippen molar-refractivity contribution in [2.45, 2.75) is 12.1 Å². The molecule has 1 aliphatic heterocycles. The fourth-order valence-electron chi connectivity index (χ4n) is 2.00. The molecule has 0 spiro atoms. The number of nitrogens with one attached hydrogen (secondary N) is 2. The van der Waals surface area contributed by atoms with E-state index < -0.39 is 11.0 Å². The van der Waals surface area contributed by atoms with Gasteiger partial charge < -0.3 is 20.3 Å². The lowest BCUT2D eigenvalue weighted by Crippen LogP contribution is -2.44. The Kier molecular flexibility index (Phi) is 3.30. The van der Waals surface area contributed by atoms with Gasteiger partial charge in [-0.2, -0.15) is 0 Å². The molecule has 0 saturated carbocycles. The van der Waals surface area contributed by atoms with Crippen LogP contribution in [0.2, 0.25) is 0 Å². The Balaban J connectivity index is 2.12. The minimum absolute atomic E-state index is 0.142. The Morgan fingerprint density at radius 2 is 2.33 bits per heavy atom. The predicted molar refractivity (Wildman–Crippen MR) is 62.2 cm³/mol. The van der Waals surface area contributed by atoms with Crippen molar-refractivity contribution < 1.29 is 14.8 Å². The third-order valence-electron chi connectivity index (χ3n) is 3.08. The van der Waals surface area contributed by atoms with Gasteiger partial charge in [0.25, 0.3) is 11.6 Å². The van der Waals surface area contributed by atoms with Crippen molar-refractivity contribution >= 4 is 11.6 Å². The minimum atomic E-state index is -0.621. The molecule has 8 heteroatoms. The van der Waals surface area contributed by atoms with Crippen molar-refractivity contribution in [2.75, 3.05) is 20.1 Å². The first-order valence-corrected chi connectivity index (χ1v) is 5.49. The van der Waals surface area contributed by atoms with Gasteiger partial charge in [0, 0.05) is 26.2 Å². The van der Waals surface area contributed by atoms with Gasteiger partial charge in [-0.05, 0) is 0 Å². The number of aliphatic hydroxyl groups excluding tert-OH is 1. The average Bonchev–Trinajstić information content (AvgIpc) is 2.95. The van der Waals surface area contributed by atoms with Gasteiger partial charge in [-0.3, -0.25) is 14.9 Å². The molecule has 8 nitrogen and oxygen atoms in total. The maximum Gasteiger partial charge on any atom is 0.287 e. The Labute approximate surface area is 103 Å². The zero-order valence-corrected chi connectivity index (χ0v) is 9.79. The van der Waals surface area contributed by atoms with E-state index in [4.69, 9.17) is 0 Å². The monoisotopic (exact) mass is 254 g/mol. The van der Waals surface area contributed by atoms with Gasteiger partial charge in [0.15, 0.2) is 0 Å². The number of aromatic nitrogens is 1. The molecule has 18 heavy (non-hydrogen) atoms. The van der Waals surface area contributed by atoms with Crippen LogP contribution >= 0.6 is 0 Å². The van der Waals surface area contributed by atoms with E-state index in [1.165, 1.54) is 17.2 Å². The van der Waals surface area contributed by atoms with Crippen LogP contribution in [-0.4, -0.2) is 58.1 Å². The zero-order chi connectivity index (χ0) is 13.3. The van der Waals surface area contributed by atoms with E-state index in [1.54, 1.807) is 7.05 Å². The number of hydrogen-bond acceptors (Lipinski definition) is 5. The molecule has 1 amide bonds. The van der Waals surface area contributed by atoms with Crippen LogP contribution < -0.4 is 5.32 Å². The van der Waals surface area contributed by atoms with E-state index in [-0.39, 0.29) is 23.3 Å². The number of aromatic amines is 1. The number of β-amino-alcohol motifs (C(OH)–C–C–N with tert-alkyl or cyclic N) is 1. The smallest absolute Gasteiger partial charge is 0.287 e. The highest BCUT2D eigenvalue weighted by Gasteiger charge is 2.32. The number of carbonyl (C=O) groups excluding carboxylic acids is 1. The average molecular weight is 254 g/mol. The van der Waals surface area contributed by atoms with E-state index in [0.29, 0.717) is 13.1 Å². The molecule has 0 aliphatic carbocycles. The molecule has 1 fully saturated rings. The summed E-state index contributed by atoms with van der Waals surface area (Å²) in [4.78, 5) is 26.0. The van der Waals surface area contributed by atoms with Gasteiger partial charge in [-0.15, -0.1) is 0 Å². The standard InChI is InChI=1S/C10H14N4O4/c1-13(8-4-11-5-9(8)15)10(16)7-2-6(3-12-7)14(17)18/h2-3,8-9,11-12,15H,4-5H2,1H3/t8-,9-/m0/s1. The summed E-state index contributed by atoms with van der Waals surface area (Å²) in [5, 5.41) is 23.2. The highest BCUT2D eigenvalue weighted by Crippen LogP contribution is 2.16. The third-order valence-corrected chi connectivity index (χ3v) is 3.08. The number of amides is 1. The number of nitro groups is 1. The first-order chi connectivity index (χ1) is 8.50. The minimum Gasteiger partial charge on any atom is -0.390 e. The normalized spacial score (nSPS) is 23.0. The Hall–Kier alpha value is -1.93. The lowest BCUT2D eigenvalue weighted by atomic mass is 10.2. The molecule has 0 unspecified atom stereocenters. The first kappa shape index (κ1) is 12.5. The van der Waals surface area contributed by atoms with Crippen LogP contribution in [0, 0.1) is 10.1 Å². The molecule has 2 atom stereocenters. The molecule has 1 aliphatic rings. The predicted octanol–water partition coefficient (Wildman–Crippen LogP) is -0.672. The van der Waals surface area contributed by atoms with Crippen LogP contribution in [0.4, 0.5) is 5.69 Å². The van der Waals surface area contributed by atoms with E-state index in [1.807, 2.05) is 0 Å². The fourth-order valence-corrected chi connectivity index (χ4v) is 2.00. The lowest BCUT2D eigenvalue weighted by Gasteiger charge is -2.25. The summed E-state index contributed by atoms with van der Waals surface area (Å²) < 4.78 is 0. The van der Waals surface area contributed by atoms with Crippen molar-refractivity contribution in [1.29, 1.82) is 0 Å². The summed E-state index contributed by atoms with van der Waals surface area (Å²) in [6.07, 6.45) is 0.550. The van der Waals surface area contributed by atoms with Gasteiger partial charge in [0.05, 0.1) is 23.3 Å². The van der Waals surface area contributed by atoms with E-state index in [9.17, 15) is 20.0 Å². The molecular weight excluding hydrogens is 240 g/mol. The zero-order valence-electron chi connectivity index (χ0n) is 9.79. The summed E-state index contributed by atoms with van der Waals surface area (Å²) in [7, 11) is 1.57. The van der Waals surface area contributed by atoms with Crippen molar-refractivity contribution in [3.63, 3.8) is 0 Å². The van der Waals surface area contributed by atoms with Crippen LogP contribution in [0.5, 0.6) is 0 Å². The second-order valence-electron chi connectivity index (χ2n) is 4.24. The van der Waals surface area contributed by atoms with Crippen LogP contribution in [0.1, 0.15) is 10.5 Å². The summed E-state index contributed by atoms with van der Waals surface area (Å²) in [5.41, 5.74) is -0.0138. The van der Waals surface area contributed by atoms with Gasteiger partial charge in [-0.1, -0.05) is 0 Å². The second kappa shape index (κ2) is 4.75. The van der Waals surface area contributed by atoms with E-state index >= 15 is 0 Å². The number of rotatable bonds is 3. The molecule has 0 bridgehead atoms. The number of nitrogens with zero attached hydrogens (tertiary/aromatic N) is 2. The van der Waals surface area contributed by atoms with Crippen LogP contribution in [-0.2, 0) is 0 Å². The summed E-state index contributed by atoms with van der Waals surface area (Å²) in [6.45, 7) is 0.944. The van der Waals surface area contributed by atoms with Crippen LogP contribution in [0.15, 0.2) is 12.3 Å². The van der Waals surface area contributed by atoms with Gasteiger partial charge in [-0.25, -0.2) is 0 Å². The largest absolute Gasteiger partial charge is 0.390 e. The molecule has 1 aromatic rings. The van der Waals surface area contributed by atoms with Crippen molar-refractivity contribution in [2.24, 2.45) is 0 Å². The first-order valence-electron chi connectivity index (χ1n) is 5.49. The van der Waals surface area contributed by atoms with Crippen molar-refractivity contribution in [3.05, 3.63) is 28.1 Å². The SMILES string of the molecule is CN(C(=O)c1cc([N+](=O)[O-])c[nH]1)[C@H]1CNC[C@@H]1O. The van der Waals surface area contributed by atoms with Gasteiger partial charge in [0.1, 0.15) is 5.69 Å². The Morgan fingerprint density at radius 1 is 1.61 bits per heavy atom. The van der Waals surface area contributed by atoms with Gasteiger partial charge >= 0.3 is 0 Å². The van der Waals surface area contributed by atoms with E-state index in [0.717, 1.165) is 0 Å². The quantitative estimate of drug-likeness (QED) is 0.489. The number of hydrogen-bond donors (Lipinski definition) is 3. The number of H-pyrrole nitrogens is 1. The fraction of sp³-hybridized carbons (Fsp3) is 0.500. The van der Waals surface area contributed by atoms with E-state index in [2.05, 4.69) is 10.3 Å². The molecule has 0 radical (unpaired) electrons. The maximum absolute atomic E-state index is 12.0. The molecule has 3 N–H and O–H groups in total. The summed E-state index contributed by atoms with van der Waals surface area (Å²) in [5.74, 6) is -0.379. The lowest BCUT2D eigenvalue weighted by molar-refractivity contribution is -0.384. The molecule has 1 saturated heterocycles. The maximum atomic E-state index is 12.0. The number of aliphatic hydroxyl groups is 1. The Morgan fingerprint density at radius 3 is 2.83 bits per heavy atom. The summed E-state index contributed by atoms with van der Waals surface area (Å²) in [6, 6.07) is 0.869. The molecular formula is C10H14N4O4.